The van der Waals surface area contributed by atoms with E-state index in [9.17, 15) is 9.59 Å². The van der Waals surface area contributed by atoms with Crippen LogP contribution in [0.25, 0.3) is 0 Å². The molecule has 6 nitrogen and oxygen atoms in total. The second-order valence-electron chi connectivity index (χ2n) is 8.51. The van der Waals surface area contributed by atoms with Crippen molar-refractivity contribution < 1.29 is 19.1 Å². The maximum atomic E-state index is 13.1. The largest absolute Gasteiger partial charge is 0.454 e. The van der Waals surface area contributed by atoms with E-state index < -0.39 is 0 Å². The first kappa shape index (κ1) is 24.3. The van der Waals surface area contributed by atoms with Crippen LogP contribution in [0.2, 0.25) is 0 Å². The standard InChI is InChI=1S/C32H24N2O4/c33-27-15-7-13-25(29(35)21-9-3-1-4-10-21)31(27)37-23-17-19-24(20-18-23)38-32-26(14-8-16-28(32)34)30(36)22-11-5-2-6-12-22/h1-20H,33-34H2. The van der Waals surface area contributed by atoms with Crippen LogP contribution in [0.1, 0.15) is 31.8 Å². The van der Waals surface area contributed by atoms with Crippen molar-refractivity contribution in [2.45, 2.75) is 0 Å². The lowest BCUT2D eigenvalue weighted by molar-refractivity contribution is 0.102. The Bertz CT molecular complexity index is 1480. The summed E-state index contributed by atoms with van der Waals surface area (Å²) in [5.41, 5.74) is 14.8. The van der Waals surface area contributed by atoms with Crippen molar-refractivity contribution in [2.24, 2.45) is 0 Å². The van der Waals surface area contributed by atoms with Gasteiger partial charge >= 0.3 is 0 Å². The van der Waals surface area contributed by atoms with Gasteiger partial charge in [-0.1, -0.05) is 72.8 Å². The molecule has 0 aliphatic rings. The van der Waals surface area contributed by atoms with Crippen molar-refractivity contribution >= 4 is 22.9 Å². The third kappa shape index (κ3) is 5.10. The molecular formula is C32H24N2O4. The van der Waals surface area contributed by atoms with Crippen LogP contribution in [0.15, 0.2) is 121 Å². The van der Waals surface area contributed by atoms with Crippen LogP contribution in [-0.4, -0.2) is 11.6 Å². The molecule has 0 unspecified atom stereocenters. The summed E-state index contributed by atoms with van der Waals surface area (Å²) < 4.78 is 12.1. The lowest BCUT2D eigenvalue weighted by Crippen LogP contribution is -2.06. The fraction of sp³-hybridized carbons (Fsp3) is 0. The number of para-hydroxylation sites is 2. The smallest absolute Gasteiger partial charge is 0.196 e. The molecule has 4 N–H and O–H groups in total. The molecule has 38 heavy (non-hydrogen) atoms. The Hall–Kier alpha value is -5.36. The quantitative estimate of drug-likeness (QED) is 0.177. The first-order valence-corrected chi connectivity index (χ1v) is 11.9. The van der Waals surface area contributed by atoms with Crippen molar-refractivity contribution in [3.63, 3.8) is 0 Å². The van der Waals surface area contributed by atoms with E-state index in [4.69, 9.17) is 20.9 Å². The number of ether oxygens (including phenoxy) is 2. The molecular weight excluding hydrogens is 476 g/mol. The summed E-state index contributed by atoms with van der Waals surface area (Å²) in [6, 6.07) is 34.8. The molecule has 0 fully saturated rings. The lowest BCUT2D eigenvalue weighted by atomic mass is 10.0. The van der Waals surface area contributed by atoms with Gasteiger partial charge in [0.2, 0.25) is 0 Å². The average molecular weight is 501 g/mol. The van der Waals surface area contributed by atoms with Gasteiger partial charge in [-0.15, -0.1) is 0 Å². The fourth-order valence-electron chi connectivity index (χ4n) is 4.00. The number of anilines is 2. The number of benzene rings is 5. The van der Waals surface area contributed by atoms with Crippen LogP contribution < -0.4 is 20.9 Å². The molecule has 0 atom stereocenters. The maximum Gasteiger partial charge on any atom is 0.196 e. The third-order valence-electron chi connectivity index (χ3n) is 5.92. The van der Waals surface area contributed by atoms with Gasteiger partial charge in [-0.3, -0.25) is 9.59 Å². The van der Waals surface area contributed by atoms with Gasteiger partial charge in [0, 0.05) is 11.1 Å². The van der Waals surface area contributed by atoms with Crippen LogP contribution in [0.3, 0.4) is 0 Å². The van der Waals surface area contributed by atoms with Crippen LogP contribution in [-0.2, 0) is 0 Å². The Morgan fingerprint density at radius 1 is 0.447 bits per heavy atom. The van der Waals surface area contributed by atoms with Crippen molar-refractivity contribution in [3.8, 4) is 23.0 Å². The highest BCUT2D eigenvalue weighted by molar-refractivity contribution is 6.12. The molecule has 5 rings (SSSR count). The van der Waals surface area contributed by atoms with Gasteiger partial charge in [0.1, 0.15) is 11.5 Å². The van der Waals surface area contributed by atoms with Gasteiger partial charge in [-0.25, -0.2) is 0 Å². The van der Waals surface area contributed by atoms with Gasteiger partial charge in [0.05, 0.1) is 22.5 Å². The summed E-state index contributed by atoms with van der Waals surface area (Å²) >= 11 is 0. The van der Waals surface area contributed by atoms with E-state index in [-0.39, 0.29) is 23.1 Å². The molecule has 0 aliphatic heterocycles. The number of carbonyl (C=O) groups is 2. The lowest BCUT2D eigenvalue weighted by Gasteiger charge is -2.15. The minimum Gasteiger partial charge on any atom is -0.454 e. The zero-order chi connectivity index (χ0) is 26.5. The van der Waals surface area contributed by atoms with E-state index in [1.807, 2.05) is 12.1 Å². The minimum atomic E-state index is -0.192. The van der Waals surface area contributed by atoms with E-state index in [0.29, 0.717) is 45.1 Å². The van der Waals surface area contributed by atoms with Gasteiger partial charge in [0.25, 0.3) is 0 Å². The van der Waals surface area contributed by atoms with E-state index in [1.165, 1.54) is 0 Å². The van der Waals surface area contributed by atoms with Crippen LogP contribution >= 0.6 is 0 Å². The third-order valence-corrected chi connectivity index (χ3v) is 5.92. The first-order chi connectivity index (χ1) is 18.5. The normalized spacial score (nSPS) is 10.5. The molecule has 5 aromatic carbocycles. The highest BCUT2D eigenvalue weighted by Crippen LogP contribution is 2.36. The highest BCUT2D eigenvalue weighted by atomic mass is 16.5. The van der Waals surface area contributed by atoms with E-state index >= 15 is 0 Å². The first-order valence-electron chi connectivity index (χ1n) is 11.9. The zero-order valence-corrected chi connectivity index (χ0v) is 20.3. The van der Waals surface area contributed by atoms with E-state index in [1.54, 1.807) is 109 Å². The minimum absolute atomic E-state index is 0.192. The molecule has 0 saturated heterocycles. The van der Waals surface area contributed by atoms with Crippen molar-refractivity contribution in [1.82, 2.24) is 0 Å². The Morgan fingerprint density at radius 3 is 1.18 bits per heavy atom. The Balaban J connectivity index is 1.39. The molecule has 5 aromatic rings. The number of nitrogen functional groups attached to an aromatic ring is 2. The van der Waals surface area contributed by atoms with Crippen LogP contribution in [0, 0.1) is 0 Å². The van der Waals surface area contributed by atoms with Crippen molar-refractivity contribution in [3.05, 3.63) is 144 Å². The number of nitrogens with two attached hydrogens (primary N) is 2. The molecule has 0 radical (unpaired) electrons. The highest BCUT2D eigenvalue weighted by Gasteiger charge is 2.19. The van der Waals surface area contributed by atoms with Crippen molar-refractivity contribution in [2.75, 3.05) is 11.5 Å². The Kier molecular flexibility index (Phi) is 6.87. The Morgan fingerprint density at radius 2 is 0.816 bits per heavy atom. The topological polar surface area (TPSA) is 105 Å². The summed E-state index contributed by atoms with van der Waals surface area (Å²) in [5.74, 6) is 1.08. The summed E-state index contributed by atoms with van der Waals surface area (Å²) in [4.78, 5) is 26.2. The molecule has 0 saturated carbocycles. The van der Waals surface area contributed by atoms with Gasteiger partial charge in [-0.2, -0.15) is 0 Å². The molecule has 186 valence electrons. The van der Waals surface area contributed by atoms with Crippen molar-refractivity contribution in [1.29, 1.82) is 0 Å². The summed E-state index contributed by atoms with van der Waals surface area (Å²) in [5, 5.41) is 0. The van der Waals surface area contributed by atoms with Crippen LogP contribution in [0.5, 0.6) is 23.0 Å². The second-order valence-corrected chi connectivity index (χ2v) is 8.51. The molecule has 0 aliphatic carbocycles. The van der Waals surface area contributed by atoms with Crippen LogP contribution in [0.4, 0.5) is 11.4 Å². The monoisotopic (exact) mass is 500 g/mol. The maximum absolute atomic E-state index is 13.1. The molecule has 6 heteroatoms. The zero-order valence-electron chi connectivity index (χ0n) is 20.3. The van der Waals surface area contributed by atoms with E-state index in [0.717, 1.165) is 0 Å². The number of rotatable bonds is 8. The van der Waals surface area contributed by atoms with Gasteiger partial charge in [0.15, 0.2) is 23.1 Å². The predicted molar refractivity (Wildman–Crippen MR) is 148 cm³/mol. The molecule has 0 amide bonds. The number of hydrogen-bond acceptors (Lipinski definition) is 6. The molecule has 0 bridgehead atoms. The molecule has 0 aromatic heterocycles. The Labute approximate surface area is 220 Å². The number of ketones is 2. The van der Waals surface area contributed by atoms with E-state index in [2.05, 4.69) is 0 Å². The SMILES string of the molecule is Nc1cccc(C(=O)c2ccccc2)c1Oc1ccc(Oc2c(N)cccc2C(=O)c2ccccc2)cc1. The number of carbonyl (C=O) groups excluding carboxylic acids is 2. The summed E-state index contributed by atoms with van der Waals surface area (Å²) in [7, 11) is 0. The molecule has 0 spiro atoms. The number of hydrogen-bond donors (Lipinski definition) is 2. The van der Waals surface area contributed by atoms with Gasteiger partial charge in [-0.05, 0) is 48.5 Å². The fourth-order valence-corrected chi connectivity index (χ4v) is 4.00. The molecule has 0 heterocycles. The second kappa shape index (κ2) is 10.7. The van der Waals surface area contributed by atoms with Gasteiger partial charge < -0.3 is 20.9 Å². The summed E-state index contributed by atoms with van der Waals surface area (Å²) in [6.07, 6.45) is 0. The average Bonchev–Trinajstić information content (AvgIpc) is 2.96. The summed E-state index contributed by atoms with van der Waals surface area (Å²) in [6.45, 7) is 0. The predicted octanol–water partition coefficient (Wildman–Crippen LogP) is 6.90.